The molecule has 0 bridgehead atoms. The highest BCUT2D eigenvalue weighted by atomic mass is 14.7. The predicted molar refractivity (Wildman–Crippen MR) is 63.9 cm³/mol. The summed E-state index contributed by atoms with van der Waals surface area (Å²) in [5.41, 5.74) is 4.82. The number of hydrogen-bond acceptors (Lipinski definition) is 2. The van der Waals surface area contributed by atoms with Gasteiger partial charge in [-0.2, -0.15) is 5.26 Å². The van der Waals surface area contributed by atoms with E-state index in [0.29, 0.717) is 5.56 Å². The van der Waals surface area contributed by atoms with E-state index in [0.717, 1.165) is 11.3 Å². The van der Waals surface area contributed by atoms with Crippen LogP contribution in [-0.2, 0) is 0 Å². The molecule has 78 valence electrons. The molecule has 1 aromatic heterocycles. The maximum Gasteiger partial charge on any atom is 0.101 e. The van der Waals surface area contributed by atoms with E-state index in [1.165, 1.54) is 11.1 Å². The van der Waals surface area contributed by atoms with Crippen LogP contribution < -0.4 is 0 Å². The fourth-order valence-electron chi connectivity index (χ4n) is 1.72. The second kappa shape index (κ2) is 4.16. The highest BCUT2D eigenvalue weighted by Crippen LogP contribution is 2.25. The number of nitriles is 1. The van der Waals surface area contributed by atoms with Crippen LogP contribution in [0.1, 0.15) is 16.7 Å². The normalized spacial score (nSPS) is 9.81. The van der Waals surface area contributed by atoms with Crippen LogP contribution in [0, 0.1) is 25.2 Å². The molecule has 0 aliphatic heterocycles. The van der Waals surface area contributed by atoms with E-state index in [9.17, 15) is 0 Å². The Hall–Kier alpha value is -2.14. The van der Waals surface area contributed by atoms with E-state index in [4.69, 9.17) is 5.26 Å². The number of nitrogens with zero attached hydrogens (tertiary/aromatic N) is 2. The highest BCUT2D eigenvalue weighted by molar-refractivity contribution is 5.70. The van der Waals surface area contributed by atoms with E-state index in [2.05, 4.69) is 31.0 Å². The van der Waals surface area contributed by atoms with Crippen molar-refractivity contribution < 1.29 is 0 Å². The van der Waals surface area contributed by atoms with Gasteiger partial charge >= 0.3 is 0 Å². The minimum Gasteiger partial charge on any atom is -0.255 e. The molecule has 16 heavy (non-hydrogen) atoms. The average Bonchev–Trinajstić information content (AvgIpc) is 2.33. The number of aromatic nitrogens is 1. The molecule has 0 N–H and O–H groups in total. The monoisotopic (exact) mass is 208 g/mol. The van der Waals surface area contributed by atoms with E-state index in [1.807, 2.05) is 12.1 Å². The van der Waals surface area contributed by atoms with E-state index in [1.54, 1.807) is 18.3 Å². The van der Waals surface area contributed by atoms with Crippen LogP contribution in [0.2, 0.25) is 0 Å². The molecule has 2 heteroatoms. The zero-order chi connectivity index (χ0) is 11.5. The minimum absolute atomic E-state index is 0.621. The van der Waals surface area contributed by atoms with Crippen LogP contribution in [-0.4, -0.2) is 4.98 Å². The molecular weight excluding hydrogens is 196 g/mol. The average molecular weight is 208 g/mol. The van der Waals surface area contributed by atoms with Gasteiger partial charge in [0.1, 0.15) is 6.07 Å². The van der Waals surface area contributed by atoms with Gasteiger partial charge < -0.3 is 0 Å². The Morgan fingerprint density at radius 3 is 2.69 bits per heavy atom. The van der Waals surface area contributed by atoms with Gasteiger partial charge in [0.2, 0.25) is 0 Å². The standard InChI is InChI=1S/C14H12N2/c1-10-5-3-7-13(11(10)2)14-12(9-15)6-4-8-16-14/h3-8H,1-2H3. The number of pyridine rings is 1. The molecule has 2 rings (SSSR count). The summed E-state index contributed by atoms with van der Waals surface area (Å²) in [6, 6.07) is 11.8. The van der Waals surface area contributed by atoms with E-state index < -0.39 is 0 Å². The van der Waals surface area contributed by atoms with Crippen molar-refractivity contribution in [3.8, 4) is 17.3 Å². The Kier molecular flexibility index (Phi) is 2.70. The first-order valence-corrected chi connectivity index (χ1v) is 5.15. The van der Waals surface area contributed by atoms with Gasteiger partial charge in [-0.05, 0) is 37.1 Å². The summed E-state index contributed by atoms with van der Waals surface area (Å²) in [4.78, 5) is 4.30. The van der Waals surface area contributed by atoms with Crippen LogP contribution in [0.25, 0.3) is 11.3 Å². The lowest BCUT2D eigenvalue weighted by atomic mass is 9.98. The smallest absolute Gasteiger partial charge is 0.101 e. The second-order valence-electron chi connectivity index (χ2n) is 3.76. The lowest BCUT2D eigenvalue weighted by molar-refractivity contribution is 1.26. The van der Waals surface area contributed by atoms with Crippen molar-refractivity contribution in [2.75, 3.05) is 0 Å². The number of aryl methyl sites for hydroxylation is 1. The van der Waals surface area contributed by atoms with Crippen molar-refractivity contribution in [2.24, 2.45) is 0 Å². The van der Waals surface area contributed by atoms with Gasteiger partial charge in [0.15, 0.2) is 0 Å². The molecule has 0 amide bonds. The molecule has 0 aliphatic rings. The molecular formula is C14H12N2. The van der Waals surface area contributed by atoms with Gasteiger partial charge in [-0.15, -0.1) is 0 Å². The van der Waals surface area contributed by atoms with Crippen molar-refractivity contribution >= 4 is 0 Å². The quantitative estimate of drug-likeness (QED) is 0.721. The summed E-state index contributed by atoms with van der Waals surface area (Å²) in [5.74, 6) is 0. The summed E-state index contributed by atoms with van der Waals surface area (Å²) >= 11 is 0. The third-order valence-corrected chi connectivity index (χ3v) is 2.79. The molecule has 0 atom stereocenters. The summed E-state index contributed by atoms with van der Waals surface area (Å²) in [5, 5.41) is 9.05. The predicted octanol–water partition coefficient (Wildman–Crippen LogP) is 3.24. The van der Waals surface area contributed by atoms with Crippen LogP contribution in [0.5, 0.6) is 0 Å². The van der Waals surface area contributed by atoms with Gasteiger partial charge in [0, 0.05) is 11.8 Å². The molecule has 0 saturated heterocycles. The number of hydrogen-bond donors (Lipinski definition) is 0. The van der Waals surface area contributed by atoms with Gasteiger partial charge in [0.25, 0.3) is 0 Å². The number of benzene rings is 1. The SMILES string of the molecule is Cc1cccc(-c2ncccc2C#N)c1C. The summed E-state index contributed by atoms with van der Waals surface area (Å²) in [6.07, 6.45) is 1.72. The third kappa shape index (κ3) is 1.68. The van der Waals surface area contributed by atoms with Crippen molar-refractivity contribution in [1.29, 1.82) is 5.26 Å². The second-order valence-corrected chi connectivity index (χ2v) is 3.76. The van der Waals surface area contributed by atoms with Crippen molar-refractivity contribution in [2.45, 2.75) is 13.8 Å². The largest absolute Gasteiger partial charge is 0.255 e. The molecule has 0 spiro atoms. The summed E-state index contributed by atoms with van der Waals surface area (Å²) in [6.45, 7) is 4.12. The van der Waals surface area contributed by atoms with Gasteiger partial charge in [-0.3, -0.25) is 4.98 Å². The Bertz CT molecular complexity index is 565. The first-order valence-electron chi connectivity index (χ1n) is 5.15. The van der Waals surface area contributed by atoms with E-state index >= 15 is 0 Å². The summed E-state index contributed by atoms with van der Waals surface area (Å²) < 4.78 is 0. The highest BCUT2D eigenvalue weighted by Gasteiger charge is 2.08. The molecule has 2 aromatic rings. The van der Waals surface area contributed by atoms with Crippen LogP contribution in [0.4, 0.5) is 0 Å². The molecule has 0 aliphatic carbocycles. The molecule has 0 radical (unpaired) electrons. The Labute approximate surface area is 95.2 Å². The third-order valence-electron chi connectivity index (χ3n) is 2.79. The Morgan fingerprint density at radius 1 is 1.12 bits per heavy atom. The van der Waals surface area contributed by atoms with Gasteiger partial charge in [-0.1, -0.05) is 18.2 Å². The first-order chi connectivity index (χ1) is 7.74. The molecule has 0 fully saturated rings. The van der Waals surface area contributed by atoms with Crippen molar-refractivity contribution in [1.82, 2.24) is 4.98 Å². The van der Waals surface area contributed by atoms with Crippen LogP contribution in [0.15, 0.2) is 36.5 Å². The van der Waals surface area contributed by atoms with Crippen LogP contribution in [0.3, 0.4) is 0 Å². The topological polar surface area (TPSA) is 36.7 Å². The maximum absolute atomic E-state index is 9.05. The molecule has 1 aromatic carbocycles. The Balaban J connectivity index is 2.69. The van der Waals surface area contributed by atoms with Crippen molar-refractivity contribution in [3.63, 3.8) is 0 Å². The molecule has 2 nitrogen and oxygen atoms in total. The zero-order valence-electron chi connectivity index (χ0n) is 9.36. The zero-order valence-corrected chi connectivity index (χ0v) is 9.36. The van der Waals surface area contributed by atoms with Gasteiger partial charge in [-0.25, -0.2) is 0 Å². The van der Waals surface area contributed by atoms with Crippen LogP contribution >= 0.6 is 0 Å². The van der Waals surface area contributed by atoms with E-state index in [-0.39, 0.29) is 0 Å². The lowest BCUT2D eigenvalue weighted by Crippen LogP contribution is -1.92. The fourth-order valence-corrected chi connectivity index (χ4v) is 1.72. The minimum atomic E-state index is 0.621. The first kappa shape index (κ1) is 10.4. The Morgan fingerprint density at radius 2 is 1.94 bits per heavy atom. The fraction of sp³-hybridized carbons (Fsp3) is 0.143. The maximum atomic E-state index is 9.05. The van der Waals surface area contributed by atoms with Crippen molar-refractivity contribution in [3.05, 3.63) is 53.2 Å². The van der Waals surface area contributed by atoms with Gasteiger partial charge in [0.05, 0.1) is 11.3 Å². The number of rotatable bonds is 1. The lowest BCUT2D eigenvalue weighted by Gasteiger charge is -2.08. The summed E-state index contributed by atoms with van der Waals surface area (Å²) in [7, 11) is 0. The molecule has 0 saturated carbocycles. The molecule has 0 unspecified atom stereocenters. The molecule has 1 heterocycles.